The zero-order chi connectivity index (χ0) is 17.2. The molecule has 124 valence electrons. The third-order valence-electron chi connectivity index (χ3n) is 3.14. The maximum absolute atomic E-state index is 12.3. The second-order valence-corrected chi connectivity index (χ2v) is 7.10. The van der Waals surface area contributed by atoms with Gasteiger partial charge in [-0.05, 0) is 18.2 Å². The molecule has 2 aromatic rings. The van der Waals surface area contributed by atoms with Gasteiger partial charge in [0.05, 0.1) is 7.11 Å². The van der Waals surface area contributed by atoms with E-state index in [1.807, 2.05) is 0 Å². The fourth-order valence-electron chi connectivity index (χ4n) is 1.89. The number of carbonyl (C=O) groups excluding carboxylic acids is 1. The lowest BCUT2D eigenvalue weighted by Crippen LogP contribution is -2.23. The van der Waals surface area contributed by atoms with Crippen molar-refractivity contribution in [2.75, 3.05) is 26.5 Å². The van der Waals surface area contributed by atoms with Crippen molar-refractivity contribution in [1.82, 2.24) is 14.1 Å². The quantitative estimate of drug-likeness (QED) is 0.875. The number of aromatic nitrogens is 2. The molecule has 0 spiro atoms. The number of hydrogen-bond acceptors (Lipinski definition) is 5. The molecule has 0 saturated carbocycles. The van der Waals surface area contributed by atoms with E-state index in [-0.39, 0.29) is 16.2 Å². The van der Waals surface area contributed by atoms with Crippen LogP contribution in [0.3, 0.4) is 0 Å². The summed E-state index contributed by atoms with van der Waals surface area (Å²) in [6.07, 6.45) is 1.69. The van der Waals surface area contributed by atoms with E-state index in [4.69, 9.17) is 4.74 Å². The first-order valence-electron chi connectivity index (χ1n) is 6.67. The Hall–Kier alpha value is -2.39. The first-order chi connectivity index (χ1) is 10.8. The number of sulfonamides is 1. The summed E-state index contributed by atoms with van der Waals surface area (Å²) in [5.74, 6) is 0.0972. The fourth-order valence-corrected chi connectivity index (χ4v) is 2.96. The number of nitrogens with one attached hydrogen (secondary N) is 1. The molecule has 1 aromatic carbocycles. The summed E-state index contributed by atoms with van der Waals surface area (Å²) in [5, 5.41) is 6.65. The summed E-state index contributed by atoms with van der Waals surface area (Å²) < 4.78 is 32.4. The number of nitrogens with zero attached hydrogens (tertiary/aromatic N) is 3. The number of benzene rings is 1. The predicted molar refractivity (Wildman–Crippen MR) is 85.0 cm³/mol. The van der Waals surface area contributed by atoms with Crippen LogP contribution < -0.4 is 10.1 Å². The molecule has 1 heterocycles. The maximum Gasteiger partial charge on any atom is 0.256 e. The van der Waals surface area contributed by atoms with Gasteiger partial charge in [-0.25, -0.2) is 12.7 Å². The molecule has 0 atom stereocenters. The molecule has 0 fully saturated rings. The number of carbonyl (C=O) groups is 1. The van der Waals surface area contributed by atoms with Crippen LogP contribution in [0.15, 0.2) is 35.4 Å². The lowest BCUT2D eigenvalue weighted by Gasteiger charge is -2.15. The molecule has 0 unspecified atom stereocenters. The average Bonchev–Trinajstić information content (AvgIpc) is 2.91. The highest BCUT2D eigenvalue weighted by Gasteiger charge is 2.24. The Kier molecular flexibility index (Phi) is 4.71. The molecule has 1 aromatic heterocycles. The molecular weight excluding hydrogens is 320 g/mol. The minimum absolute atomic E-state index is 0.0707. The van der Waals surface area contributed by atoms with E-state index in [2.05, 4.69) is 10.4 Å². The Bertz CT molecular complexity index is 827. The normalized spacial score (nSPS) is 11.5. The Morgan fingerprint density at radius 3 is 2.52 bits per heavy atom. The molecule has 1 N–H and O–H groups in total. The van der Waals surface area contributed by atoms with Crippen molar-refractivity contribution >= 4 is 21.7 Å². The molecule has 23 heavy (non-hydrogen) atoms. The van der Waals surface area contributed by atoms with E-state index in [0.717, 1.165) is 4.31 Å². The molecule has 0 aliphatic heterocycles. The summed E-state index contributed by atoms with van der Waals surface area (Å²) in [6, 6.07) is 5.86. The van der Waals surface area contributed by atoms with Crippen molar-refractivity contribution in [3.8, 4) is 5.75 Å². The van der Waals surface area contributed by atoms with E-state index in [9.17, 15) is 13.2 Å². The lowest BCUT2D eigenvalue weighted by atomic mass is 10.2. The summed E-state index contributed by atoms with van der Waals surface area (Å²) in [7, 11) is 2.19. The minimum atomic E-state index is -3.74. The standard InChI is InChI=1S/C14H18N4O4S/c1-17(2)23(20,21)12-9-10(5-6-11(12)22-4)14(19)15-13-7-8-18(3)16-13/h5-9H,1-4H3,(H,15,16,19). The van der Waals surface area contributed by atoms with Crippen molar-refractivity contribution in [3.63, 3.8) is 0 Å². The van der Waals surface area contributed by atoms with Crippen LogP contribution in [-0.4, -0.2) is 49.6 Å². The van der Waals surface area contributed by atoms with Gasteiger partial charge < -0.3 is 10.1 Å². The van der Waals surface area contributed by atoms with Crippen LogP contribution in [0.2, 0.25) is 0 Å². The average molecular weight is 338 g/mol. The van der Waals surface area contributed by atoms with Gasteiger partial charge in [0, 0.05) is 39.0 Å². The highest BCUT2D eigenvalue weighted by atomic mass is 32.2. The van der Waals surface area contributed by atoms with Crippen LogP contribution in [0.5, 0.6) is 5.75 Å². The van der Waals surface area contributed by atoms with Crippen LogP contribution in [0, 0.1) is 0 Å². The van der Waals surface area contributed by atoms with Gasteiger partial charge in [-0.3, -0.25) is 9.48 Å². The lowest BCUT2D eigenvalue weighted by molar-refractivity contribution is 0.102. The Balaban J connectivity index is 2.39. The third kappa shape index (κ3) is 3.51. The zero-order valence-electron chi connectivity index (χ0n) is 13.3. The molecule has 0 aliphatic carbocycles. The van der Waals surface area contributed by atoms with Crippen molar-refractivity contribution < 1.29 is 17.9 Å². The van der Waals surface area contributed by atoms with Crippen molar-refractivity contribution in [3.05, 3.63) is 36.0 Å². The second-order valence-electron chi connectivity index (χ2n) is 4.98. The van der Waals surface area contributed by atoms with Crippen LogP contribution in [0.25, 0.3) is 0 Å². The second kappa shape index (κ2) is 6.39. The third-order valence-corrected chi connectivity index (χ3v) is 4.98. The molecule has 1 amide bonds. The topological polar surface area (TPSA) is 93.5 Å². The number of amides is 1. The number of methoxy groups -OCH3 is 1. The fraction of sp³-hybridized carbons (Fsp3) is 0.286. The molecule has 0 bridgehead atoms. The number of rotatable bonds is 5. The molecule has 2 rings (SSSR count). The number of anilines is 1. The maximum atomic E-state index is 12.3. The van der Waals surface area contributed by atoms with Crippen LogP contribution in [-0.2, 0) is 17.1 Å². The van der Waals surface area contributed by atoms with Gasteiger partial charge in [-0.2, -0.15) is 5.10 Å². The van der Waals surface area contributed by atoms with E-state index in [1.54, 1.807) is 24.0 Å². The highest BCUT2D eigenvalue weighted by Crippen LogP contribution is 2.27. The smallest absolute Gasteiger partial charge is 0.256 e. The van der Waals surface area contributed by atoms with E-state index >= 15 is 0 Å². The minimum Gasteiger partial charge on any atom is -0.495 e. The van der Waals surface area contributed by atoms with Gasteiger partial charge in [0.2, 0.25) is 10.0 Å². The molecule has 9 heteroatoms. The van der Waals surface area contributed by atoms with Gasteiger partial charge in [-0.15, -0.1) is 0 Å². The van der Waals surface area contributed by atoms with Gasteiger partial charge in [0.25, 0.3) is 5.91 Å². The summed E-state index contributed by atoms with van der Waals surface area (Å²) >= 11 is 0. The highest BCUT2D eigenvalue weighted by molar-refractivity contribution is 7.89. The van der Waals surface area contributed by atoms with Crippen molar-refractivity contribution in [2.45, 2.75) is 4.90 Å². The van der Waals surface area contributed by atoms with Crippen LogP contribution >= 0.6 is 0 Å². The Morgan fingerprint density at radius 1 is 1.30 bits per heavy atom. The Morgan fingerprint density at radius 2 is 2.00 bits per heavy atom. The summed E-state index contributed by atoms with van der Waals surface area (Å²) in [4.78, 5) is 12.2. The first kappa shape index (κ1) is 17.0. The number of ether oxygens (including phenoxy) is 1. The summed E-state index contributed by atoms with van der Waals surface area (Å²) in [5.41, 5.74) is 0.192. The Labute approximate surface area is 134 Å². The van der Waals surface area contributed by atoms with E-state index < -0.39 is 15.9 Å². The van der Waals surface area contributed by atoms with Crippen LogP contribution in [0.1, 0.15) is 10.4 Å². The van der Waals surface area contributed by atoms with Crippen LogP contribution in [0.4, 0.5) is 5.82 Å². The molecular formula is C14H18N4O4S. The van der Waals surface area contributed by atoms with Crippen molar-refractivity contribution in [2.24, 2.45) is 7.05 Å². The van der Waals surface area contributed by atoms with Gasteiger partial charge >= 0.3 is 0 Å². The predicted octanol–water partition coefficient (Wildman–Crippen LogP) is 0.931. The van der Waals surface area contributed by atoms with E-state index in [0.29, 0.717) is 5.82 Å². The number of aryl methyl sites for hydroxylation is 1. The molecule has 0 radical (unpaired) electrons. The first-order valence-corrected chi connectivity index (χ1v) is 8.11. The largest absolute Gasteiger partial charge is 0.495 e. The van der Waals surface area contributed by atoms with Crippen molar-refractivity contribution in [1.29, 1.82) is 0 Å². The zero-order valence-corrected chi connectivity index (χ0v) is 14.1. The van der Waals surface area contributed by atoms with Gasteiger partial charge in [0.15, 0.2) is 5.82 Å². The number of hydrogen-bond donors (Lipinski definition) is 1. The monoisotopic (exact) mass is 338 g/mol. The molecule has 0 aliphatic rings. The van der Waals surface area contributed by atoms with Gasteiger partial charge in [0.1, 0.15) is 10.6 Å². The van der Waals surface area contributed by atoms with Gasteiger partial charge in [-0.1, -0.05) is 0 Å². The summed E-state index contributed by atoms with van der Waals surface area (Å²) in [6.45, 7) is 0. The molecule has 8 nitrogen and oxygen atoms in total. The molecule has 0 saturated heterocycles. The SMILES string of the molecule is COc1ccc(C(=O)Nc2ccn(C)n2)cc1S(=O)(=O)N(C)C. The van der Waals surface area contributed by atoms with E-state index in [1.165, 1.54) is 39.4 Å².